The van der Waals surface area contributed by atoms with E-state index in [4.69, 9.17) is 16.2 Å². The number of amides is 2. The van der Waals surface area contributed by atoms with Crippen molar-refractivity contribution in [2.75, 3.05) is 13.1 Å². The number of guanidine groups is 1. The molecule has 0 aromatic heterocycles. The first-order valence-corrected chi connectivity index (χ1v) is 7.33. The van der Waals surface area contributed by atoms with Crippen molar-refractivity contribution in [3.63, 3.8) is 0 Å². The van der Waals surface area contributed by atoms with Gasteiger partial charge < -0.3 is 26.8 Å². The Bertz CT molecular complexity index is 591. The average molecular weight is 335 g/mol. The lowest BCUT2D eigenvalue weighted by Gasteiger charge is -2.15. The molecule has 0 radical (unpaired) electrons. The van der Waals surface area contributed by atoms with Crippen LogP contribution in [0, 0.1) is 5.41 Å². The molecule has 7 N–H and O–H groups in total. The van der Waals surface area contributed by atoms with Gasteiger partial charge in [-0.15, -0.1) is 0 Å². The van der Waals surface area contributed by atoms with E-state index in [1.54, 1.807) is 30.3 Å². The van der Waals surface area contributed by atoms with Crippen LogP contribution in [-0.2, 0) is 9.59 Å². The van der Waals surface area contributed by atoms with Gasteiger partial charge >= 0.3 is 5.97 Å². The number of benzene rings is 1. The third-order valence-corrected chi connectivity index (χ3v) is 3.06. The van der Waals surface area contributed by atoms with Crippen molar-refractivity contribution in [2.45, 2.75) is 18.9 Å². The fourth-order valence-corrected chi connectivity index (χ4v) is 1.88. The highest BCUT2D eigenvalue weighted by Gasteiger charge is 2.19. The molecule has 24 heavy (non-hydrogen) atoms. The van der Waals surface area contributed by atoms with Crippen molar-refractivity contribution in [3.05, 3.63) is 35.9 Å². The monoisotopic (exact) mass is 335 g/mol. The van der Waals surface area contributed by atoms with Crippen molar-refractivity contribution >= 4 is 23.7 Å². The van der Waals surface area contributed by atoms with Crippen LogP contribution < -0.4 is 21.7 Å². The van der Waals surface area contributed by atoms with E-state index < -0.39 is 23.8 Å². The summed E-state index contributed by atoms with van der Waals surface area (Å²) in [6, 6.07) is 7.31. The van der Waals surface area contributed by atoms with E-state index in [0.717, 1.165) is 0 Å². The summed E-state index contributed by atoms with van der Waals surface area (Å²) in [5.41, 5.74) is 5.52. The molecule has 9 heteroatoms. The van der Waals surface area contributed by atoms with E-state index in [0.29, 0.717) is 18.5 Å². The molecule has 0 spiro atoms. The maximum Gasteiger partial charge on any atom is 0.326 e. The summed E-state index contributed by atoms with van der Waals surface area (Å²) in [4.78, 5) is 34.7. The van der Waals surface area contributed by atoms with Crippen molar-refractivity contribution in [1.29, 1.82) is 5.41 Å². The highest BCUT2D eigenvalue weighted by atomic mass is 16.4. The van der Waals surface area contributed by atoms with Gasteiger partial charge in [0.05, 0.1) is 6.54 Å². The molecular weight excluding hydrogens is 314 g/mol. The Balaban J connectivity index is 2.38. The van der Waals surface area contributed by atoms with E-state index >= 15 is 0 Å². The van der Waals surface area contributed by atoms with Crippen molar-refractivity contribution in [3.8, 4) is 0 Å². The number of aliphatic carboxylic acids is 1. The van der Waals surface area contributed by atoms with Crippen molar-refractivity contribution in [2.24, 2.45) is 5.73 Å². The second kappa shape index (κ2) is 9.82. The number of carbonyl (C=O) groups excluding carboxylic acids is 2. The molecule has 1 aromatic carbocycles. The first-order valence-electron chi connectivity index (χ1n) is 7.33. The normalized spacial score (nSPS) is 11.2. The molecule has 130 valence electrons. The molecule has 0 aliphatic heterocycles. The van der Waals surface area contributed by atoms with Gasteiger partial charge in [0, 0.05) is 12.1 Å². The van der Waals surface area contributed by atoms with Gasteiger partial charge in [-0.3, -0.25) is 15.0 Å². The zero-order valence-electron chi connectivity index (χ0n) is 13.0. The van der Waals surface area contributed by atoms with Crippen molar-refractivity contribution in [1.82, 2.24) is 16.0 Å². The number of carboxylic acid groups (broad SMARTS) is 1. The van der Waals surface area contributed by atoms with Crippen LogP contribution >= 0.6 is 0 Å². The Labute approximate surface area is 139 Å². The minimum absolute atomic E-state index is 0.175. The molecule has 2 amide bonds. The molecule has 0 saturated carbocycles. The molecule has 0 heterocycles. The second-order valence-electron chi connectivity index (χ2n) is 4.99. The zero-order chi connectivity index (χ0) is 17.9. The lowest BCUT2D eigenvalue weighted by atomic mass is 10.1. The van der Waals surface area contributed by atoms with Crippen LogP contribution in [0.25, 0.3) is 0 Å². The summed E-state index contributed by atoms with van der Waals surface area (Å²) in [6.07, 6.45) is 0.585. The highest BCUT2D eigenvalue weighted by molar-refractivity contribution is 5.96. The van der Waals surface area contributed by atoms with Gasteiger partial charge in [-0.05, 0) is 25.0 Å². The second-order valence-corrected chi connectivity index (χ2v) is 4.99. The van der Waals surface area contributed by atoms with Crippen molar-refractivity contribution < 1.29 is 19.5 Å². The third kappa shape index (κ3) is 7.25. The minimum Gasteiger partial charge on any atom is -0.480 e. The number of nitrogens with one attached hydrogen (secondary N) is 4. The van der Waals surface area contributed by atoms with E-state index in [1.807, 2.05) is 0 Å². The fraction of sp³-hybridized carbons (Fsp3) is 0.333. The van der Waals surface area contributed by atoms with Crippen LogP contribution in [-0.4, -0.2) is 48.0 Å². The van der Waals surface area contributed by atoms with Gasteiger partial charge in [0.1, 0.15) is 6.04 Å². The largest absolute Gasteiger partial charge is 0.480 e. The highest BCUT2D eigenvalue weighted by Crippen LogP contribution is 1.99. The molecule has 1 unspecified atom stereocenters. The molecule has 9 nitrogen and oxygen atoms in total. The minimum atomic E-state index is -1.17. The maximum atomic E-state index is 11.8. The Kier molecular flexibility index (Phi) is 7.76. The molecule has 0 bridgehead atoms. The maximum absolute atomic E-state index is 11.8. The van der Waals surface area contributed by atoms with Gasteiger partial charge in [-0.25, -0.2) is 4.79 Å². The van der Waals surface area contributed by atoms with Gasteiger partial charge in [0.25, 0.3) is 5.91 Å². The molecule has 1 rings (SSSR count). The first kappa shape index (κ1) is 18.9. The van der Waals surface area contributed by atoms with Crippen LogP contribution in [0.2, 0.25) is 0 Å². The third-order valence-electron chi connectivity index (χ3n) is 3.06. The molecular formula is C15H21N5O4. The Morgan fingerprint density at radius 3 is 2.42 bits per heavy atom. The van der Waals surface area contributed by atoms with Gasteiger partial charge in [0.2, 0.25) is 5.91 Å². The Morgan fingerprint density at radius 2 is 1.83 bits per heavy atom. The number of rotatable bonds is 9. The number of hydrogen-bond acceptors (Lipinski definition) is 4. The summed E-state index contributed by atoms with van der Waals surface area (Å²) in [7, 11) is 0. The lowest BCUT2D eigenvalue weighted by molar-refractivity contribution is -0.141. The molecule has 1 atom stereocenters. The van der Waals surface area contributed by atoms with Crippen LogP contribution in [0.4, 0.5) is 0 Å². The summed E-state index contributed by atoms with van der Waals surface area (Å²) >= 11 is 0. The van der Waals surface area contributed by atoms with E-state index in [-0.39, 0.29) is 18.9 Å². The molecule has 0 fully saturated rings. The van der Waals surface area contributed by atoms with Gasteiger partial charge in [-0.1, -0.05) is 18.2 Å². The summed E-state index contributed by atoms with van der Waals surface area (Å²) in [6.45, 7) is 0.0168. The van der Waals surface area contributed by atoms with E-state index in [2.05, 4.69) is 16.0 Å². The Morgan fingerprint density at radius 1 is 1.17 bits per heavy atom. The Hall–Kier alpha value is -3.10. The predicted molar refractivity (Wildman–Crippen MR) is 87.5 cm³/mol. The van der Waals surface area contributed by atoms with E-state index in [1.165, 1.54) is 0 Å². The van der Waals surface area contributed by atoms with Gasteiger partial charge in [0.15, 0.2) is 5.96 Å². The van der Waals surface area contributed by atoms with Crippen LogP contribution in [0.3, 0.4) is 0 Å². The lowest BCUT2D eigenvalue weighted by Crippen LogP contribution is -2.45. The molecule has 0 aliphatic rings. The summed E-state index contributed by atoms with van der Waals surface area (Å²) in [5, 5.41) is 23.4. The smallest absolute Gasteiger partial charge is 0.326 e. The number of hydrogen-bond donors (Lipinski definition) is 6. The summed E-state index contributed by atoms with van der Waals surface area (Å²) < 4.78 is 0. The predicted octanol–water partition coefficient (Wildman–Crippen LogP) is -0.751. The number of carbonyl (C=O) groups is 3. The van der Waals surface area contributed by atoms with E-state index in [9.17, 15) is 14.4 Å². The molecule has 0 saturated heterocycles. The van der Waals surface area contributed by atoms with Crippen LogP contribution in [0.15, 0.2) is 30.3 Å². The topological polar surface area (TPSA) is 157 Å². The SMILES string of the molecule is N=C(N)NCCCC(NC(=O)CNC(=O)c1ccccc1)C(=O)O. The standard InChI is InChI=1S/C15H21N5O4/c16-15(17)18-8-4-7-11(14(23)24)20-12(21)9-19-13(22)10-5-2-1-3-6-10/h1-3,5-6,11H,4,7-9H2,(H,19,22)(H,20,21)(H,23,24)(H4,16,17,18). The van der Waals surface area contributed by atoms with Crippen LogP contribution in [0.1, 0.15) is 23.2 Å². The summed E-state index contributed by atoms with van der Waals surface area (Å²) in [5.74, 6) is -2.37. The fourth-order valence-electron chi connectivity index (χ4n) is 1.88. The van der Waals surface area contributed by atoms with Gasteiger partial charge in [-0.2, -0.15) is 0 Å². The quantitative estimate of drug-likeness (QED) is 0.198. The molecule has 0 aliphatic carbocycles. The zero-order valence-corrected chi connectivity index (χ0v) is 13.0. The number of carboxylic acids is 1. The van der Waals surface area contributed by atoms with Crippen LogP contribution in [0.5, 0.6) is 0 Å². The number of nitrogens with two attached hydrogens (primary N) is 1. The first-order chi connectivity index (χ1) is 11.4. The average Bonchev–Trinajstić information content (AvgIpc) is 2.55. The molecule has 1 aromatic rings.